The smallest absolute Gasteiger partial charge is 0.220 e. The molecule has 0 aliphatic carbocycles. The van der Waals surface area contributed by atoms with Gasteiger partial charge < -0.3 is 10.4 Å². The molecule has 0 bridgehead atoms. The van der Waals surface area contributed by atoms with Crippen molar-refractivity contribution in [2.75, 3.05) is 6.61 Å². The lowest BCUT2D eigenvalue weighted by Gasteiger charge is -2.18. The van der Waals surface area contributed by atoms with Crippen LogP contribution in [0.3, 0.4) is 0 Å². The zero-order valence-corrected chi connectivity index (χ0v) is 10.5. The first-order chi connectivity index (χ1) is 8.17. The fourth-order valence-electron chi connectivity index (χ4n) is 1.63. The largest absolute Gasteiger partial charge is 0.394 e. The van der Waals surface area contributed by atoms with Crippen LogP contribution >= 0.6 is 0 Å². The molecule has 0 heterocycles. The molecule has 17 heavy (non-hydrogen) atoms. The van der Waals surface area contributed by atoms with Crippen molar-refractivity contribution in [1.82, 2.24) is 5.32 Å². The van der Waals surface area contributed by atoms with E-state index >= 15 is 0 Å². The van der Waals surface area contributed by atoms with E-state index in [4.69, 9.17) is 0 Å². The molecule has 0 radical (unpaired) electrons. The number of aliphatic hydroxyl groups excluding tert-OH is 1. The van der Waals surface area contributed by atoms with E-state index in [0.29, 0.717) is 12.3 Å². The fourth-order valence-corrected chi connectivity index (χ4v) is 1.63. The van der Waals surface area contributed by atoms with E-state index in [-0.39, 0.29) is 18.6 Å². The van der Waals surface area contributed by atoms with Crippen molar-refractivity contribution in [3.8, 4) is 0 Å². The van der Waals surface area contributed by atoms with Crippen LogP contribution in [0, 0.1) is 5.92 Å². The van der Waals surface area contributed by atoms with E-state index in [0.717, 1.165) is 12.0 Å². The van der Waals surface area contributed by atoms with E-state index in [2.05, 4.69) is 19.2 Å². The molecule has 94 valence electrons. The summed E-state index contributed by atoms with van der Waals surface area (Å²) in [6.45, 7) is 4.05. The van der Waals surface area contributed by atoms with Gasteiger partial charge in [-0.2, -0.15) is 0 Å². The second-order valence-corrected chi connectivity index (χ2v) is 4.43. The molecule has 1 aromatic rings. The van der Waals surface area contributed by atoms with Crippen LogP contribution in [0.15, 0.2) is 30.3 Å². The molecule has 0 spiro atoms. The lowest BCUT2D eigenvalue weighted by atomic mass is 10.0. The lowest BCUT2D eigenvalue weighted by Crippen LogP contribution is -2.31. The first kappa shape index (κ1) is 13.7. The van der Waals surface area contributed by atoms with Crippen molar-refractivity contribution >= 4 is 5.91 Å². The zero-order chi connectivity index (χ0) is 12.7. The molecule has 2 atom stereocenters. The zero-order valence-electron chi connectivity index (χ0n) is 10.5. The molecule has 1 aromatic carbocycles. The van der Waals surface area contributed by atoms with Crippen molar-refractivity contribution in [3.05, 3.63) is 35.9 Å². The number of nitrogens with one attached hydrogen (secondary N) is 1. The molecule has 2 N–H and O–H groups in total. The normalized spacial score (nSPS) is 14.1. The highest BCUT2D eigenvalue weighted by atomic mass is 16.3. The van der Waals surface area contributed by atoms with Crippen LogP contribution in [0.4, 0.5) is 0 Å². The first-order valence-electron chi connectivity index (χ1n) is 6.12. The Balaban J connectivity index is 2.56. The van der Waals surface area contributed by atoms with E-state index < -0.39 is 0 Å². The molecule has 0 aliphatic rings. The van der Waals surface area contributed by atoms with Gasteiger partial charge in [-0.25, -0.2) is 0 Å². The van der Waals surface area contributed by atoms with E-state index in [9.17, 15) is 9.90 Å². The molecule has 3 heteroatoms. The minimum Gasteiger partial charge on any atom is -0.394 e. The predicted octanol–water partition coefficient (Wildman–Crippen LogP) is 2.27. The quantitative estimate of drug-likeness (QED) is 0.794. The van der Waals surface area contributed by atoms with Gasteiger partial charge in [-0.1, -0.05) is 50.6 Å². The van der Waals surface area contributed by atoms with Crippen LogP contribution in [0.2, 0.25) is 0 Å². The maximum atomic E-state index is 11.7. The van der Waals surface area contributed by atoms with Gasteiger partial charge in [0.25, 0.3) is 0 Å². The third-order valence-corrected chi connectivity index (χ3v) is 2.95. The molecule has 0 aliphatic heterocycles. The van der Waals surface area contributed by atoms with Gasteiger partial charge in [0.05, 0.1) is 12.6 Å². The lowest BCUT2D eigenvalue weighted by molar-refractivity contribution is -0.123. The minimum absolute atomic E-state index is 0.00209. The summed E-state index contributed by atoms with van der Waals surface area (Å²) in [7, 11) is 0. The number of rotatable bonds is 6. The Morgan fingerprint density at radius 3 is 2.53 bits per heavy atom. The average molecular weight is 235 g/mol. The third kappa shape index (κ3) is 4.57. The van der Waals surface area contributed by atoms with Crippen molar-refractivity contribution < 1.29 is 9.90 Å². The summed E-state index contributed by atoms with van der Waals surface area (Å²) >= 11 is 0. The Kier molecular flexibility index (Phi) is 5.70. The Labute approximate surface area is 103 Å². The fraction of sp³-hybridized carbons (Fsp3) is 0.500. The summed E-state index contributed by atoms with van der Waals surface area (Å²) in [6.07, 6.45) is 1.50. The molecule has 0 fully saturated rings. The number of aliphatic hydroxyl groups is 1. The molecule has 3 nitrogen and oxygen atoms in total. The summed E-state index contributed by atoms with van der Waals surface area (Å²) in [5, 5.41) is 12.2. The maximum absolute atomic E-state index is 11.7. The monoisotopic (exact) mass is 235 g/mol. The number of hydrogen-bond donors (Lipinski definition) is 2. The van der Waals surface area contributed by atoms with Crippen LogP contribution in [0.5, 0.6) is 0 Å². The molecule has 0 saturated heterocycles. The van der Waals surface area contributed by atoms with Gasteiger partial charge in [-0.05, 0) is 11.5 Å². The van der Waals surface area contributed by atoms with Gasteiger partial charge in [-0.15, -0.1) is 0 Å². The van der Waals surface area contributed by atoms with E-state index in [1.807, 2.05) is 30.3 Å². The molecular formula is C14H21NO2. The topological polar surface area (TPSA) is 49.3 Å². The summed E-state index contributed by atoms with van der Waals surface area (Å²) < 4.78 is 0. The SMILES string of the molecule is CCC(C)CC(=O)N[C@@H](CO)c1ccccc1. The molecule has 1 amide bonds. The summed E-state index contributed by atoms with van der Waals surface area (Å²) in [5.41, 5.74) is 0.938. The van der Waals surface area contributed by atoms with Gasteiger partial charge in [0, 0.05) is 6.42 Å². The van der Waals surface area contributed by atoms with Crippen LogP contribution in [-0.2, 0) is 4.79 Å². The van der Waals surface area contributed by atoms with Crippen LogP contribution < -0.4 is 5.32 Å². The van der Waals surface area contributed by atoms with Gasteiger partial charge in [0.15, 0.2) is 0 Å². The highest BCUT2D eigenvalue weighted by molar-refractivity contribution is 5.76. The average Bonchev–Trinajstić information content (AvgIpc) is 2.36. The van der Waals surface area contributed by atoms with Gasteiger partial charge in [0.2, 0.25) is 5.91 Å². The second-order valence-electron chi connectivity index (χ2n) is 4.43. The number of carbonyl (C=O) groups is 1. The molecule has 1 rings (SSSR count). The first-order valence-corrected chi connectivity index (χ1v) is 6.12. The van der Waals surface area contributed by atoms with Crippen molar-refractivity contribution in [1.29, 1.82) is 0 Å². The number of carbonyl (C=O) groups excluding carboxylic acids is 1. The maximum Gasteiger partial charge on any atom is 0.220 e. The summed E-state index contributed by atoms with van der Waals surface area (Å²) in [4.78, 5) is 11.7. The van der Waals surface area contributed by atoms with Crippen molar-refractivity contribution in [2.45, 2.75) is 32.7 Å². The molecule has 0 aromatic heterocycles. The predicted molar refractivity (Wildman–Crippen MR) is 68.5 cm³/mol. The third-order valence-electron chi connectivity index (χ3n) is 2.95. The minimum atomic E-state index is -0.298. The number of amides is 1. The molecule has 0 saturated carbocycles. The highest BCUT2D eigenvalue weighted by Crippen LogP contribution is 2.13. The Bertz CT molecular complexity index is 337. The van der Waals surface area contributed by atoms with Gasteiger partial charge in [0.1, 0.15) is 0 Å². The van der Waals surface area contributed by atoms with Gasteiger partial charge in [-0.3, -0.25) is 4.79 Å². The molecule has 1 unspecified atom stereocenters. The highest BCUT2D eigenvalue weighted by Gasteiger charge is 2.14. The Morgan fingerprint density at radius 1 is 1.35 bits per heavy atom. The number of benzene rings is 1. The van der Waals surface area contributed by atoms with Crippen molar-refractivity contribution in [3.63, 3.8) is 0 Å². The Morgan fingerprint density at radius 2 is 2.00 bits per heavy atom. The van der Waals surface area contributed by atoms with E-state index in [1.54, 1.807) is 0 Å². The summed E-state index contributed by atoms with van der Waals surface area (Å²) in [5.74, 6) is 0.382. The van der Waals surface area contributed by atoms with Crippen molar-refractivity contribution in [2.24, 2.45) is 5.92 Å². The van der Waals surface area contributed by atoms with Crippen LogP contribution in [-0.4, -0.2) is 17.6 Å². The standard InChI is InChI=1S/C14H21NO2/c1-3-11(2)9-14(17)15-13(10-16)12-7-5-4-6-8-12/h4-8,11,13,16H,3,9-10H2,1-2H3,(H,15,17)/t11?,13-/m0/s1. The summed E-state index contributed by atoms with van der Waals surface area (Å²) in [6, 6.07) is 9.23. The Hall–Kier alpha value is -1.35. The molecular weight excluding hydrogens is 214 g/mol. The number of hydrogen-bond acceptors (Lipinski definition) is 2. The van der Waals surface area contributed by atoms with Crippen LogP contribution in [0.25, 0.3) is 0 Å². The van der Waals surface area contributed by atoms with Crippen LogP contribution in [0.1, 0.15) is 38.3 Å². The second kappa shape index (κ2) is 7.07. The van der Waals surface area contributed by atoms with E-state index in [1.165, 1.54) is 0 Å². The van der Waals surface area contributed by atoms with Gasteiger partial charge >= 0.3 is 0 Å².